The number of rotatable bonds is 10. The molecule has 0 spiro atoms. The Morgan fingerprint density at radius 3 is 2.46 bits per heavy atom. The largest absolute Gasteiger partial charge is 0.488 e. The first kappa shape index (κ1) is 23.6. The lowest BCUT2D eigenvalue weighted by Crippen LogP contribution is -2.35. The number of carbonyl (C=O) groups is 2. The molecule has 2 amide bonds. The van der Waals surface area contributed by atoms with E-state index in [1.165, 1.54) is 18.4 Å². The Kier molecular flexibility index (Phi) is 7.75. The van der Waals surface area contributed by atoms with Crippen LogP contribution in [0.4, 0.5) is 10.1 Å². The van der Waals surface area contributed by atoms with Crippen LogP contribution in [0.5, 0.6) is 11.5 Å². The first-order chi connectivity index (χ1) is 17.1. The number of hydrogen-bond donors (Lipinski definition) is 2. The number of ether oxygens (including phenoxy) is 2. The molecule has 35 heavy (non-hydrogen) atoms. The van der Waals surface area contributed by atoms with E-state index in [2.05, 4.69) is 10.6 Å². The van der Waals surface area contributed by atoms with Gasteiger partial charge in [0.05, 0.1) is 12.3 Å². The minimum absolute atomic E-state index is 0.0327. The quantitative estimate of drug-likeness (QED) is 0.338. The average molecular weight is 474 g/mol. The number of anilines is 1. The third-order valence-corrected chi connectivity index (χ3v) is 4.99. The van der Waals surface area contributed by atoms with Crippen molar-refractivity contribution >= 4 is 17.5 Å². The van der Waals surface area contributed by atoms with Gasteiger partial charge in [0.15, 0.2) is 23.9 Å². The van der Waals surface area contributed by atoms with Crippen molar-refractivity contribution in [1.29, 1.82) is 0 Å². The van der Waals surface area contributed by atoms with Crippen LogP contribution in [0.2, 0.25) is 0 Å². The van der Waals surface area contributed by atoms with Gasteiger partial charge in [-0.15, -0.1) is 0 Å². The van der Waals surface area contributed by atoms with Crippen molar-refractivity contribution in [3.8, 4) is 11.5 Å². The van der Waals surface area contributed by atoms with Crippen molar-refractivity contribution in [3.63, 3.8) is 0 Å². The monoisotopic (exact) mass is 474 g/mol. The Bertz CT molecular complexity index is 1260. The van der Waals surface area contributed by atoms with Gasteiger partial charge in [0.1, 0.15) is 12.4 Å². The number of halogens is 1. The molecule has 4 rings (SSSR count). The summed E-state index contributed by atoms with van der Waals surface area (Å²) in [6.45, 7) is -0.233. The summed E-state index contributed by atoms with van der Waals surface area (Å²) in [4.78, 5) is 24.8. The number of furan rings is 1. The van der Waals surface area contributed by atoms with Gasteiger partial charge in [0.25, 0.3) is 11.8 Å². The highest BCUT2D eigenvalue weighted by molar-refractivity contribution is 6.02. The maximum absolute atomic E-state index is 13.9. The van der Waals surface area contributed by atoms with Crippen molar-refractivity contribution in [2.45, 2.75) is 6.04 Å². The number of para-hydroxylation sites is 1. The summed E-state index contributed by atoms with van der Waals surface area (Å²) < 4.78 is 30.3. The van der Waals surface area contributed by atoms with E-state index in [1.807, 2.05) is 30.3 Å². The molecule has 0 bridgehead atoms. The maximum atomic E-state index is 13.9. The first-order valence-corrected chi connectivity index (χ1v) is 10.9. The minimum atomic E-state index is -0.522. The van der Waals surface area contributed by atoms with Crippen LogP contribution in [0.25, 0.3) is 0 Å². The number of benzene rings is 3. The fourth-order valence-electron chi connectivity index (χ4n) is 3.29. The third kappa shape index (κ3) is 6.70. The zero-order valence-corrected chi connectivity index (χ0v) is 18.6. The van der Waals surface area contributed by atoms with Gasteiger partial charge in [0.2, 0.25) is 0 Å². The predicted molar refractivity (Wildman–Crippen MR) is 128 cm³/mol. The lowest BCUT2D eigenvalue weighted by atomic mass is 10.1. The van der Waals surface area contributed by atoms with E-state index in [-0.39, 0.29) is 30.6 Å². The van der Waals surface area contributed by atoms with Crippen LogP contribution in [0, 0.1) is 5.82 Å². The number of nitrogens with one attached hydrogen (secondary N) is 2. The molecule has 2 N–H and O–H groups in total. The second kappa shape index (κ2) is 11.5. The molecule has 1 atom stereocenters. The van der Waals surface area contributed by atoms with Crippen LogP contribution in [-0.2, 0) is 4.79 Å². The highest BCUT2D eigenvalue weighted by Gasteiger charge is 2.17. The van der Waals surface area contributed by atoms with E-state index in [0.29, 0.717) is 11.4 Å². The molecule has 4 aromatic rings. The van der Waals surface area contributed by atoms with Gasteiger partial charge in [-0.05, 0) is 42.0 Å². The van der Waals surface area contributed by atoms with Gasteiger partial charge in [-0.1, -0.05) is 48.5 Å². The van der Waals surface area contributed by atoms with Crippen LogP contribution < -0.4 is 20.1 Å². The highest BCUT2D eigenvalue weighted by Crippen LogP contribution is 2.20. The van der Waals surface area contributed by atoms with E-state index in [9.17, 15) is 14.0 Å². The molecule has 1 heterocycles. The smallest absolute Gasteiger partial charge is 0.291 e. The summed E-state index contributed by atoms with van der Waals surface area (Å²) in [6.07, 6.45) is 1.41. The molecule has 0 aliphatic rings. The van der Waals surface area contributed by atoms with Crippen molar-refractivity contribution in [3.05, 3.63) is 114 Å². The molecule has 0 saturated heterocycles. The highest BCUT2D eigenvalue weighted by atomic mass is 19.1. The number of amides is 2. The summed E-state index contributed by atoms with van der Waals surface area (Å²) in [7, 11) is 0. The van der Waals surface area contributed by atoms with Gasteiger partial charge < -0.3 is 24.5 Å². The maximum Gasteiger partial charge on any atom is 0.291 e. The molecule has 0 aliphatic heterocycles. The SMILES string of the molecule is O=C(COc1cccc(NC(=O)c2ccco2)c1)NC(COc1ccccc1F)c1ccccc1. The predicted octanol–water partition coefficient (Wildman–Crippen LogP) is 4.99. The molecule has 1 unspecified atom stereocenters. The second-order valence-corrected chi connectivity index (χ2v) is 7.52. The minimum Gasteiger partial charge on any atom is -0.488 e. The molecule has 0 radical (unpaired) electrons. The second-order valence-electron chi connectivity index (χ2n) is 7.52. The number of carbonyl (C=O) groups excluding carboxylic acids is 2. The Morgan fingerprint density at radius 2 is 1.69 bits per heavy atom. The van der Waals surface area contributed by atoms with Crippen molar-refractivity contribution < 1.29 is 27.9 Å². The molecule has 0 aliphatic carbocycles. The zero-order valence-electron chi connectivity index (χ0n) is 18.6. The van der Waals surface area contributed by atoms with E-state index in [4.69, 9.17) is 13.9 Å². The average Bonchev–Trinajstić information content (AvgIpc) is 3.42. The Hall–Kier alpha value is -4.59. The van der Waals surface area contributed by atoms with Gasteiger partial charge >= 0.3 is 0 Å². The Labute approximate surface area is 201 Å². The summed E-state index contributed by atoms with van der Waals surface area (Å²) >= 11 is 0. The van der Waals surface area contributed by atoms with Crippen molar-refractivity contribution in [2.24, 2.45) is 0 Å². The summed E-state index contributed by atoms with van der Waals surface area (Å²) in [6, 6.07) is 24.7. The van der Waals surface area contributed by atoms with Crippen LogP contribution >= 0.6 is 0 Å². The molecule has 0 saturated carbocycles. The van der Waals surface area contributed by atoms with E-state index in [1.54, 1.807) is 48.5 Å². The molecule has 178 valence electrons. The van der Waals surface area contributed by atoms with Gasteiger partial charge in [-0.3, -0.25) is 9.59 Å². The Morgan fingerprint density at radius 1 is 0.886 bits per heavy atom. The molecule has 8 heteroatoms. The molecular formula is C27H23FN2O5. The molecule has 3 aromatic carbocycles. The summed E-state index contributed by atoms with van der Waals surface area (Å²) in [5, 5.41) is 5.57. The van der Waals surface area contributed by atoms with E-state index < -0.39 is 17.8 Å². The lowest BCUT2D eigenvalue weighted by molar-refractivity contribution is -0.124. The first-order valence-electron chi connectivity index (χ1n) is 10.9. The topological polar surface area (TPSA) is 89.8 Å². The molecular weight excluding hydrogens is 451 g/mol. The van der Waals surface area contributed by atoms with Crippen LogP contribution in [0.3, 0.4) is 0 Å². The van der Waals surface area contributed by atoms with E-state index in [0.717, 1.165) is 5.56 Å². The number of hydrogen-bond acceptors (Lipinski definition) is 5. The van der Waals surface area contributed by atoms with Crippen LogP contribution in [0.15, 0.2) is 102 Å². The summed E-state index contributed by atoms with van der Waals surface area (Å²) in [5.74, 6) is -0.580. The van der Waals surface area contributed by atoms with Crippen LogP contribution in [-0.4, -0.2) is 25.0 Å². The lowest BCUT2D eigenvalue weighted by Gasteiger charge is -2.20. The normalized spacial score (nSPS) is 11.3. The van der Waals surface area contributed by atoms with Gasteiger partial charge in [-0.25, -0.2) is 4.39 Å². The van der Waals surface area contributed by atoms with E-state index >= 15 is 0 Å². The summed E-state index contributed by atoms with van der Waals surface area (Å²) in [5.41, 5.74) is 1.30. The standard InChI is InChI=1S/C27H23FN2O5/c28-22-12-4-5-13-24(22)35-17-23(19-8-2-1-3-9-19)30-26(31)18-34-21-11-6-10-20(16-21)29-27(32)25-14-7-15-33-25/h1-16,23H,17-18H2,(H,29,32)(H,30,31). The molecule has 1 aromatic heterocycles. The van der Waals surface area contributed by atoms with Crippen molar-refractivity contribution in [1.82, 2.24) is 5.32 Å². The third-order valence-electron chi connectivity index (χ3n) is 4.99. The fraction of sp³-hybridized carbons (Fsp3) is 0.111. The van der Waals surface area contributed by atoms with Gasteiger partial charge in [-0.2, -0.15) is 0 Å². The Balaban J connectivity index is 1.35. The van der Waals surface area contributed by atoms with Gasteiger partial charge in [0, 0.05) is 11.8 Å². The molecule has 7 nitrogen and oxygen atoms in total. The van der Waals surface area contributed by atoms with Crippen LogP contribution in [0.1, 0.15) is 22.2 Å². The zero-order chi connectivity index (χ0) is 24.5. The van der Waals surface area contributed by atoms with Crippen molar-refractivity contribution in [2.75, 3.05) is 18.5 Å². The molecule has 0 fully saturated rings. The fourth-order valence-corrected chi connectivity index (χ4v) is 3.29.